The van der Waals surface area contributed by atoms with Crippen molar-refractivity contribution in [2.45, 2.75) is 56.9 Å². The highest BCUT2D eigenvalue weighted by Gasteiger charge is 2.26. The van der Waals surface area contributed by atoms with Crippen LogP contribution >= 0.6 is 0 Å². The van der Waals surface area contributed by atoms with E-state index < -0.39 is 10.0 Å². The summed E-state index contributed by atoms with van der Waals surface area (Å²) in [5.41, 5.74) is 1.52. The van der Waals surface area contributed by atoms with Crippen molar-refractivity contribution in [3.05, 3.63) is 24.0 Å². The Hall–Kier alpha value is -1.93. The molecule has 1 saturated heterocycles. The van der Waals surface area contributed by atoms with Gasteiger partial charge in [0.1, 0.15) is 5.82 Å². The quantitative estimate of drug-likeness (QED) is 0.817. The molecule has 1 amide bonds. The first-order valence-corrected chi connectivity index (χ1v) is 11.0. The number of nitrogens with zero attached hydrogens (tertiary/aromatic N) is 3. The number of fused-ring (bicyclic) bond motifs is 1. The van der Waals surface area contributed by atoms with Crippen molar-refractivity contribution in [2.75, 3.05) is 13.1 Å². The number of hydrogen-bond donors (Lipinski definition) is 1. The number of imidazole rings is 1. The van der Waals surface area contributed by atoms with Gasteiger partial charge in [-0.3, -0.25) is 4.79 Å². The number of aryl methyl sites for hydroxylation is 2. The molecule has 0 saturated carbocycles. The number of benzene rings is 1. The molecule has 7 nitrogen and oxygen atoms in total. The summed E-state index contributed by atoms with van der Waals surface area (Å²) in [6.45, 7) is 5.02. The summed E-state index contributed by atoms with van der Waals surface area (Å²) in [7, 11) is -1.58. The third-order valence-corrected chi connectivity index (χ3v) is 6.82. The number of aromatic nitrogens is 2. The highest BCUT2D eigenvalue weighted by Crippen LogP contribution is 2.24. The van der Waals surface area contributed by atoms with Gasteiger partial charge >= 0.3 is 0 Å². The average molecular weight is 393 g/mol. The largest absolute Gasteiger partial charge is 0.354 e. The SMILES string of the molecule is CC(C)NC(=O)CCc1nc2cc(S(=O)(=O)N3CCCCC3)ccc2n1C. The summed E-state index contributed by atoms with van der Waals surface area (Å²) in [5, 5.41) is 2.87. The molecule has 2 aromatic rings. The van der Waals surface area contributed by atoms with E-state index in [9.17, 15) is 13.2 Å². The number of carbonyl (C=O) groups is 1. The molecule has 1 aromatic carbocycles. The van der Waals surface area contributed by atoms with Gasteiger partial charge in [0.05, 0.1) is 15.9 Å². The first-order chi connectivity index (χ1) is 12.8. The van der Waals surface area contributed by atoms with E-state index in [0.29, 0.717) is 36.3 Å². The summed E-state index contributed by atoms with van der Waals surface area (Å²) in [5.74, 6) is 0.766. The molecular weight excluding hydrogens is 364 g/mol. The van der Waals surface area contributed by atoms with Crippen molar-refractivity contribution in [2.24, 2.45) is 7.05 Å². The summed E-state index contributed by atoms with van der Waals surface area (Å²) in [4.78, 5) is 16.8. The van der Waals surface area contributed by atoms with Crippen molar-refractivity contribution >= 4 is 27.0 Å². The van der Waals surface area contributed by atoms with E-state index in [0.717, 1.165) is 30.6 Å². The summed E-state index contributed by atoms with van der Waals surface area (Å²) >= 11 is 0. The van der Waals surface area contributed by atoms with Crippen LogP contribution in [0.25, 0.3) is 11.0 Å². The van der Waals surface area contributed by atoms with Gasteiger partial charge in [0.15, 0.2) is 0 Å². The first-order valence-electron chi connectivity index (χ1n) is 9.54. The van der Waals surface area contributed by atoms with Crippen LogP contribution in [0.3, 0.4) is 0 Å². The molecule has 0 spiro atoms. The van der Waals surface area contributed by atoms with Crippen molar-refractivity contribution in [1.82, 2.24) is 19.2 Å². The Morgan fingerprint density at radius 3 is 2.59 bits per heavy atom. The molecule has 27 heavy (non-hydrogen) atoms. The highest BCUT2D eigenvalue weighted by atomic mass is 32.2. The molecule has 0 unspecified atom stereocenters. The predicted octanol–water partition coefficient (Wildman–Crippen LogP) is 2.21. The zero-order valence-electron chi connectivity index (χ0n) is 16.2. The van der Waals surface area contributed by atoms with Crippen molar-refractivity contribution < 1.29 is 13.2 Å². The lowest BCUT2D eigenvalue weighted by Gasteiger charge is -2.25. The molecule has 1 aliphatic heterocycles. The molecule has 1 aromatic heterocycles. The summed E-state index contributed by atoms with van der Waals surface area (Å²) in [6, 6.07) is 5.22. The number of sulfonamides is 1. The molecule has 1 aliphatic rings. The molecular formula is C19H28N4O3S. The van der Waals surface area contributed by atoms with Crippen LogP contribution in [0.2, 0.25) is 0 Å². The van der Waals surface area contributed by atoms with E-state index in [-0.39, 0.29) is 11.9 Å². The molecule has 8 heteroatoms. The van der Waals surface area contributed by atoms with E-state index in [1.54, 1.807) is 22.5 Å². The molecule has 0 atom stereocenters. The molecule has 3 rings (SSSR count). The Morgan fingerprint density at radius 2 is 1.93 bits per heavy atom. The maximum Gasteiger partial charge on any atom is 0.243 e. The minimum Gasteiger partial charge on any atom is -0.354 e. The van der Waals surface area contributed by atoms with Crippen LogP contribution in [0.5, 0.6) is 0 Å². The lowest BCUT2D eigenvalue weighted by atomic mass is 10.2. The minimum atomic E-state index is -3.48. The zero-order valence-corrected chi connectivity index (χ0v) is 17.1. The van der Waals surface area contributed by atoms with Gasteiger partial charge in [-0.25, -0.2) is 13.4 Å². The smallest absolute Gasteiger partial charge is 0.243 e. The maximum absolute atomic E-state index is 12.9. The third-order valence-electron chi connectivity index (χ3n) is 4.92. The van der Waals surface area contributed by atoms with E-state index in [1.807, 2.05) is 25.5 Å². The Morgan fingerprint density at radius 1 is 1.22 bits per heavy atom. The fourth-order valence-electron chi connectivity index (χ4n) is 3.49. The number of piperidine rings is 1. The standard InChI is InChI=1S/C19H28N4O3S/c1-14(2)20-19(24)10-9-18-21-16-13-15(7-8-17(16)22(18)3)27(25,26)23-11-5-4-6-12-23/h7-8,13-14H,4-6,9-12H2,1-3H3,(H,20,24). The molecule has 1 fully saturated rings. The van der Waals surface area contributed by atoms with E-state index in [4.69, 9.17) is 0 Å². The monoisotopic (exact) mass is 392 g/mol. The van der Waals surface area contributed by atoms with Crippen LogP contribution in [-0.4, -0.2) is 47.3 Å². The fourth-order valence-corrected chi connectivity index (χ4v) is 5.02. The Bertz CT molecular complexity index is 928. The predicted molar refractivity (Wildman–Crippen MR) is 105 cm³/mol. The number of carbonyl (C=O) groups excluding carboxylic acids is 1. The zero-order chi connectivity index (χ0) is 19.6. The minimum absolute atomic E-state index is 0.00887. The molecule has 0 radical (unpaired) electrons. The second-order valence-corrected chi connectivity index (χ2v) is 9.36. The number of hydrogen-bond acceptors (Lipinski definition) is 4. The van der Waals surface area contributed by atoms with Crippen LogP contribution < -0.4 is 5.32 Å². The summed E-state index contributed by atoms with van der Waals surface area (Å²) in [6.07, 6.45) is 3.77. The Balaban J connectivity index is 1.82. The molecule has 2 heterocycles. The van der Waals surface area contributed by atoms with Crippen LogP contribution in [0, 0.1) is 0 Å². The highest BCUT2D eigenvalue weighted by molar-refractivity contribution is 7.89. The van der Waals surface area contributed by atoms with Gasteiger partial charge < -0.3 is 9.88 Å². The Kier molecular flexibility index (Phi) is 5.86. The second-order valence-electron chi connectivity index (χ2n) is 7.42. The maximum atomic E-state index is 12.9. The van der Waals surface area contributed by atoms with Crippen LogP contribution in [-0.2, 0) is 28.3 Å². The van der Waals surface area contributed by atoms with Crippen molar-refractivity contribution in [3.63, 3.8) is 0 Å². The average Bonchev–Trinajstić information content (AvgIpc) is 2.95. The van der Waals surface area contributed by atoms with E-state index in [2.05, 4.69) is 10.3 Å². The molecule has 0 aliphatic carbocycles. The summed E-state index contributed by atoms with van der Waals surface area (Å²) < 4.78 is 29.3. The topological polar surface area (TPSA) is 84.3 Å². The molecule has 0 bridgehead atoms. The third kappa shape index (κ3) is 4.32. The van der Waals surface area contributed by atoms with Gasteiger partial charge in [0.2, 0.25) is 15.9 Å². The lowest BCUT2D eigenvalue weighted by Crippen LogP contribution is -2.35. The number of nitrogens with one attached hydrogen (secondary N) is 1. The van der Waals surface area contributed by atoms with Gasteiger partial charge in [-0.15, -0.1) is 0 Å². The van der Waals surface area contributed by atoms with Gasteiger partial charge in [-0.1, -0.05) is 6.42 Å². The van der Waals surface area contributed by atoms with Gasteiger partial charge in [0, 0.05) is 39.0 Å². The van der Waals surface area contributed by atoms with E-state index in [1.165, 1.54) is 0 Å². The van der Waals surface area contributed by atoms with Crippen LogP contribution in [0.4, 0.5) is 0 Å². The van der Waals surface area contributed by atoms with Gasteiger partial charge in [-0.2, -0.15) is 4.31 Å². The van der Waals surface area contributed by atoms with E-state index >= 15 is 0 Å². The number of rotatable bonds is 6. The first kappa shape index (κ1) is 19.8. The normalized spacial score (nSPS) is 16.1. The number of amides is 1. The second kappa shape index (κ2) is 7.98. The van der Waals surface area contributed by atoms with Crippen molar-refractivity contribution in [3.8, 4) is 0 Å². The van der Waals surface area contributed by atoms with Gasteiger partial charge in [-0.05, 0) is 44.9 Å². The lowest BCUT2D eigenvalue weighted by molar-refractivity contribution is -0.121. The molecule has 148 valence electrons. The van der Waals surface area contributed by atoms with Crippen LogP contribution in [0.15, 0.2) is 23.1 Å². The van der Waals surface area contributed by atoms with Crippen LogP contribution in [0.1, 0.15) is 45.4 Å². The Labute approximate surface area is 160 Å². The fraction of sp³-hybridized carbons (Fsp3) is 0.579. The molecule has 1 N–H and O–H groups in total. The van der Waals surface area contributed by atoms with Crippen molar-refractivity contribution in [1.29, 1.82) is 0 Å². The van der Waals surface area contributed by atoms with Gasteiger partial charge in [0.25, 0.3) is 0 Å².